The van der Waals surface area contributed by atoms with Crippen molar-refractivity contribution in [3.63, 3.8) is 0 Å². The highest BCUT2D eigenvalue weighted by molar-refractivity contribution is 5.80. The summed E-state index contributed by atoms with van der Waals surface area (Å²) < 4.78 is 0. The average molecular weight is 210 g/mol. The zero-order valence-corrected chi connectivity index (χ0v) is 9.63. The van der Waals surface area contributed by atoms with Crippen LogP contribution in [0.3, 0.4) is 0 Å². The number of piperidine rings is 1. The van der Waals surface area contributed by atoms with Crippen LogP contribution in [-0.2, 0) is 0 Å². The third kappa shape index (κ3) is 3.09. The van der Waals surface area contributed by atoms with Gasteiger partial charge in [-0.25, -0.2) is 0 Å². The van der Waals surface area contributed by atoms with Crippen LogP contribution in [0.25, 0.3) is 0 Å². The molecule has 1 unspecified atom stereocenters. The predicted molar refractivity (Wildman–Crippen MR) is 63.2 cm³/mol. The second kappa shape index (κ2) is 5.35. The smallest absolute Gasteiger partial charge is 0.193 e. The van der Waals surface area contributed by atoms with Gasteiger partial charge >= 0.3 is 0 Å². The minimum Gasteiger partial charge on any atom is -0.355 e. The Balaban J connectivity index is 1.74. The molecular formula is C11H22N4. The van der Waals surface area contributed by atoms with Crippen LogP contribution in [0.2, 0.25) is 0 Å². The SMILES string of the molecule is CN1CCCN=C1NCC1CCCCN1. The first-order valence-electron chi connectivity index (χ1n) is 6.09. The molecule has 2 aliphatic rings. The van der Waals surface area contributed by atoms with E-state index in [1.165, 1.54) is 32.2 Å². The van der Waals surface area contributed by atoms with Crippen LogP contribution < -0.4 is 10.6 Å². The van der Waals surface area contributed by atoms with E-state index in [0.717, 1.165) is 25.6 Å². The molecule has 0 aromatic heterocycles. The minimum atomic E-state index is 0.636. The van der Waals surface area contributed by atoms with E-state index in [0.29, 0.717) is 6.04 Å². The van der Waals surface area contributed by atoms with Crippen LogP contribution in [-0.4, -0.2) is 50.1 Å². The van der Waals surface area contributed by atoms with E-state index < -0.39 is 0 Å². The van der Waals surface area contributed by atoms with E-state index in [9.17, 15) is 0 Å². The van der Waals surface area contributed by atoms with Gasteiger partial charge in [-0.05, 0) is 25.8 Å². The third-order valence-corrected chi connectivity index (χ3v) is 3.19. The van der Waals surface area contributed by atoms with Crippen molar-refractivity contribution in [3.05, 3.63) is 0 Å². The number of nitrogens with one attached hydrogen (secondary N) is 2. The number of guanidine groups is 1. The van der Waals surface area contributed by atoms with Crippen molar-refractivity contribution in [3.8, 4) is 0 Å². The number of hydrogen-bond acceptors (Lipinski definition) is 4. The lowest BCUT2D eigenvalue weighted by atomic mass is 10.1. The molecule has 0 aliphatic carbocycles. The van der Waals surface area contributed by atoms with Crippen molar-refractivity contribution in [1.29, 1.82) is 0 Å². The summed E-state index contributed by atoms with van der Waals surface area (Å²) >= 11 is 0. The van der Waals surface area contributed by atoms with Crippen molar-refractivity contribution in [1.82, 2.24) is 15.5 Å². The van der Waals surface area contributed by atoms with Crippen molar-refractivity contribution < 1.29 is 0 Å². The van der Waals surface area contributed by atoms with E-state index in [2.05, 4.69) is 27.6 Å². The Labute approximate surface area is 92.1 Å². The second-order valence-corrected chi connectivity index (χ2v) is 4.51. The van der Waals surface area contributed by atoms with Crippen LogP contribution >= 0.6 is 0 Å². The highest BCUT2D eigenvalue weighted by atomic mass is 15.3. The van der Waals surface area contributed by atoms with Gasteiger partial charge in [-0.15, -0.1) is 0 Å². The molecule has 1 saturated heterocycles. The number of aliphatic imine (C=N–C) groups is 1. The van der Waals surface area contributed by atoms with Crippen molar-refractivity contribution in [2.24, 2.45) is 4.99 Å². The van der Waals surface area contributed by atoms with E-state index in [1.807, 2.05) is 0 Å². The predicted octanol–water partition coefficient (Wildman–Crippen LogP) is 0.410. The van der Waals surface area contributed by atoms with Gasteiger partial charge in [-0.1, -0.05) is 6.42 Å². The molecule has 4 heteroatoms. The third-order valence-electron chi connectivity index (χ3n) is 3.19. The van der Waals surface area contributed by atoms with E-state index in [1.54, 1.807) is 0 Å². The van der Waals surface area contributed by atoms with Crippen molar-refractivity contribution in [2.75, 3.05) is 33.2 Å². The Morgan fingerprint density at radius 2 is 2.40 bits per heavy atom. The fraction of sp³-hybridized carbons (Fsp3) is 0.909. The summed E-state index contributed by atoms with van der Waals surface area (Å²) in [5, 5.41) is 6.99. The number of rotatable bonds is 2. The first-order valence-corrected chi connectivity index (χ1v) is 6.09. The second-order valence-electron chi connectivity index (χ2n) is 4.51. The van der Waals surface area contributed by atoms with Gasteiger partial charge in [0.2, 0.25) is 0 Å². The Morgan fingerprint density at radius 3 is 3.13 bits per heavy atom. The number of hydrogen-bond donors (Lipinski definition) is 2. The molecule has 4 nitrogen and oxygen atoms in total. The highest BCUT2D eigenvalue weighted by Gasteiger charge is 2.15. The summed E-state index contributed by atoms with van der Waals surface area (Å²) in [4.78, 5) is 6.71. The van der Waals surface area contributed by atoms with Gasteiger partial charge in [-0.3, -0.25) is 4.99 Å². The lowest BCUT2D eigenvalue weighted by Crippen LogP contribution is -2.48. The Bertz CT molecular complexity index is 221. The van der Waals surface area contributed by atoms with Gasteiger partial charge in [-0.2, -0.15) is 0 Å². The average Bonchev–Trinajstić information content (AvgIpc) is 2.29. The van der Waals surface area contributed by atoms with Gasteiger partial charge in [0.1, 0.15) is 0 Å². The molecule has 0 saturated carbocycles. The van der Waals surface area contributed by atoms with Gasteiger partial charge in [0.15, 0.2) is 5.96 Å². The lowest BCUT2D eigenvalue weighted by molar-refractivity contribution is 0.385. The topological polar surface area (TPSA) is 39.7 Å². The fourth-order valence-corrected chi connectivity index (χ4v) is 2.22. The molecule has 86 valence electrons. The molecule has 0 spiro atoms. The van der Waals surface area contributed by atoms with Gasteiger partial charge in [0.05, 0.1) is 0 Å². The Hall–Kier alpha value is -0.770. The molecule has 0 bridgehead atoms. The van der Waals surface area contributed by atoms with Crippen LogP contribution in [0.15, 0.2) is 4.99 Å². The van der Waals surface area contributed by atoms with Crippen molar-refractivity contribution in [2.45, 2.75) is 31.7 Å². The summed E-state index contributed by atoms with van der Waals surface area (Å²) in [5.74, 6) is 1.08. The molecule has 1 fully saturated rings. The fourth-order valence-electron chi connectivity index (χ4n) is 2.22. The lowest BCUT2D eigenvalue weighted by Gasteiger charge is -2.29. The van der Waals surface area contributed by atoms with Gasteiger partial charge < -0.3 is 15.5 Å². The first-order chi connectivity index (χ1) is 7.36. The van der Waals surface area contributed by atoms with Crippen LogP contribution in [0.5, 0.6) is 0 Å². The Kier molecular flexibility index (Phi) is 3.83. The zero-order valence-electron chi connectivity index (χ0n) is 9.63. The molecule has 2 rings (SSSR count). The summed E-state index contributed by atoms with van der Waals surface area (Å²) in [5.41, 5.74) is 0. The maximum Gasteiger partial charge on any atom is 0.193 e. The number of nitrogens with zero attached hydrogens (tertiary/aromatic N) is 2. The van der Waals surface area contributed by atoms with Gasteiger partial charge in [0.25, 0.3) is 0 Å². The van der Waals surface area contributed by atoms with E-state index in [-0.39, 0.29) is 0 Å². The quantitative estimate of drug-likeness (QED) is 0.693. The Morgan fingerprint density at radius 1 is 1.47 bits per heavy atom. The summed E-state index contributed by atoms with van der Waals surface area (Å²) in [6, 6.07) is 0.636. The zero-order chi connectivity index (χ0) is 10.5. The molecule has 0 aromatic carbocycles. The normalized spacial score (nSPS) is 27.4. The monoisotopic (exact) mass is 210 g/mol. The van der Waals surface area contributed by atoms with E-state index >= 15 is 0 Å². The molecule has 15 heavy (non-hydrogen) atoms. The summed E-state index contributed by atoms with van der Waals surface area (Å²) in [7, 11) is 2.11. The minimum absolute atomic E-state index is 0.636. The van der Waals surface area contributed by atoms with Crippen LogP contribution in [0.1, 0.15) is 25.7 Å². The van der Waals surface area contributed by atoms with Crippen molar-refractivity contribution >= 4 is 5.96 Å². The summed E-state index contributed by atoms with van der Waals surface area (Å²) in [6.45, 7) is 4.30. The molecule has 1 atom stereocenters. The maximum atomic E-state index is 4.50. The highest BCUT2D eigenvalue weighted by Crippen LogP contribution is 2.06. The summed E-state index contributed by atoms with van der Waals surface area (Å²) in [6.07, 6.45) is 5.17. The van der Waals surface area contributed by atoms with E-state index in [4.69, 9.17) is 0 Å². The maximum absolute atomic E-state index is 4.50. The molecule has 2 aliphatic heterocycles. The molecular weight excluding hydrogens is 188 g/mol. The molecule has 0 radical (unpaired) electrons. The standard InChI is InChI=1S/C11H22N4/c1-15-8-4-7-13-11(15)14-9-10-5-2-3-6-12-10/h10,12H,2-9H2,1H3,(H,13,14). The van der Waals surface area contributed by atoms with Crippen LogP contribution in [0.4, 0.5) is 0 Å². The molecule has 0 amide bonds. The van der Waals surface area contributed by atoms with Gasteiger partial charge in [0, 0.05) is 32.7 Å². The van der Waals surface area contributed by atoms with Crippen LogP contribution in [0, 0.1) is 0 Å². The largest absolute Gasteiger partial charge is 0.355 e. The first kappa shape index (κ1) is 10.7. The molecule has 2 heterocycles. The molecule has 2 N–H and O–H groups in total. The molecule has 0 aromatic rings.